The zero-order valence-corrected chi connectivity index (χ0v) is 18.5. The number of rotatable bonds is 9. The predicted octanol–water partition coefficient (Wildman–Crippen LogP) is 3.82. The summed E-state index contributed by atoms with van der Waals surface area (Å²) < 4.78 is 33.4. The van der Waals surface area contributed by atoms with E-state index in [0.29, 0.717) is 12.4 Å². The smallest absolute Gasteiger partial charge is 0.242 e. The van der Waals surface area contributed by atoms with Crippen LogP contribution in [-0.2, 0) is 27.7 Å². The Morgan fingerprint density at radius 2 is 1.69 bits per heavy atom. The maximum atomic E-state index is 12.7. The van der Waals surface area contributed by atoms with Crippen LogP contribution in [0.3, 0.4) is 0 Å². The van der Waals surface area contributed by atoms with Crippen LogP contribution in [0.15, 0.2) is 41.3 Å². The number of anilines is 1. The minimum absolute atomic E-state index is 0.0984. The number of hydrogen-bond acceptors (Lipinski definition) is 4. The highest BCUT2D eigenvalue weighted by molar-refractivity contribution is 7.89. The van der Waals surface area contributed by atoms with Gasteiger partial charge in [-0.1, -0.05) is 32.0 Å². The second-order valence-electron chi connectivity index (χ2n) is 6.85. The molecule has 0 aliphatic carbocycles. The Hall–Kier alpha value is -2.38. The van der Waals surface area contributed by atoms with Gasteiger partial charge in [0.15, 0.2) is 0 Å². The maximum absolute atomic E-state index is 12.7. The van der Waals surface area contributed by atoms with E-state index in [1.807, 2.05) is 39.0 Å². The minimum Gasteiger partial charge on any atom is -0.494 e. The number of carbonyl (C=O) groups is 1. The summed E-state index contributed by atoms with van der Waals surface area (Å²) in [5, 5.41) is 2.91. The number of carbonyl (C=O) groups excluding carboxylic acids is 1. The van der Waals surface area contributed by atoms with Gasteiger partial charge in [-0.05, 0) is 68.5 Å². The third-order valence-corrected chi connectivity index (χ3v) is 6.27. The van der Waals surface area contributed by atoms with Gasteiger partial charge >= 0.3 is 0 Å². The standard InChI is InChI=1S/C22H30N2O4S/c1-6-17-10-9-11-18(7-2)21(17)23-22(25)16(5)24-29(26,27)19-12-13-20(28-8-3)15(4)14-19/h9-14,16,24H,6-8H2,1-5H3,(H,23,25)/t16-/m1/s1. The van der Waals surface area contributed by atoms with Crippen molar-refractivity contribution in [3.63, 3.8) is 0 Å². The zero-order chi connectivity index (χ0) is 21.6. The molecule has 158 valence electrons. The number of sulfonamides is 1. The lowest BCUT2D eigenvalue weighted by molar-refractivity contribution is -0.117. The van der Waals surface area contributed by atoms with Gasteiger partial charge in [-0.3, -0.25) is 4.79 Å². The van der Waals surface area contributed by atoms with E-state index in [9.17, 15) is 13.2 Å². The molecule has 29 heavy (non-hydrogen) atoms. The third kappa shape index (κ3) is 5.58. The van der Waals surface area contributed by atoms with Gasteiger partial charge in [-0.15, -0.1) is 0 Å². The monoisotopic (exact) mass is 418 g/mol. The second kappa shape index (κ2) is 9.89. The molecule has 0 aliphatic rings. The molecule has 6 nitrogen and oxygen atoms in total. The normalized spacial score (nSPS) is 12.4. The molecule has 0 bridgehead atoms. The van der Waals surface area contributed by atoms with Crippen LogP contribution >= 0.6 is 0 Å². The molecular formula is C22H30N2O4S. The Bertz CT molecular complexity index is 949. The van der Waals surface area contributed by atoms with Crippen molar-refractivity contribution in [1.82, 2.24) is 4.72 Å². The summed E-state index contributed by atoms with van der Waals surface area (Å²) in [6.07, 6.45) is 1.55. The number of aryl methyl sites for hydroxylation is 3. The third-order valence-electron chi connectivity index (χ3n) is 4.73. The van der Waals surface area contributed by atoms with E-state index < -0.39 is 22.0 Å². The lowest BCUT2D eigenvalue weighted by Crippen LogP contribution is -2.41. The molecule has 0 heterocycles. The topological polar surface area (TPSA) is 84.5 Å². The highest BCUT2D eigenvalue weighted by Gasteiger charge is 2.23. The first-order chi connectivity index (χ1) is 13.7. The number of ether oxygens (including phenoxy) is 1. The maximum Gasteiger partial charge on any atom is 0.242 e. The molecule has 0 spiro atoms. The van der Waals surface area contributed by atoms with Gasteiger partial charge in [0, 0.05) is 5.69 Å². The van der Waals surface area contributed by atoms with E-state index >= 15 is 0 Å². The van der Waals surface area contributed by atoms with E-state index in [1.54, 1.807) is 19.1 Å². The highest BCUT2D eigenvalue weighted by atomic mass is 32.2. The van der Waals surface area contributed by atoms with Crippen molar-refractivity contribution in [1.29, 1.82) is 0 Å². The molecule has 0 radical (unpaired) electrons. The number of amides is 1. The van der Waals surface area contributed by atoms with Crippen LogP contribution < -0.4 is 14.8 Å². The van der Waals surface area contributed by atoms with E-state index in [4.69, 9.17) is 4.74 Å². The molecule has 2 aromatic rings. The lowest BCUT2D eigenvalue weighted by Gasteiger charge is -2.18. The summed E-state index contributed by atoms with van der Waals surface area (Å²) in [5.74, 6) is 0.243. The summed E-state index contributed by atoms with van der Waals surface area (Å²) in [6.45, 7) is 9.73. The second-order valence-corrected chi connectivity index (χ2v) is 8.56. The van der Waals surface area contributed by atoms with Gasteiger partial charge in [0.1, 0.15) is 5.75 Å². The SMILES string of the molecule is CCOc1ccc(S(=O)(=O)N[C@H](C)C(=O)Nc2c(CC)cccc2CC)cc1C. The number of hydrogen-bond donors (Lipinski definition) is 2. The van der Waals surface area contributed by atoms with E-state index in [2.05, 4.69) is 10.0 Å². The zero-order valence-electron chi connectivity index (χ0n) is 17.7. The molecule has 2 aromatic carbocycles. The number of nitrogens with one attached hydrogen (secondary N) is 2. The molecule has 2 rings (SSSR count). The van der Waals surface area contributed by atoms with E-state index in [-0.39, 0.29) is 4.90 Å². The van der Waals surface area contributed by atoms with Gasteiger partial charge in [-0.2, -0.15) is 4.72 Å². The van der Waals surface area contributed by atoms with Crippen LogP contribution in [0.5, 0.6) is 5.75 Å². The van der Waals surface area contributed by atoms with Crippen LogP contribution in [0.25, 0.3) is 0 Å². The Morgan fingerprint density at radius 1 is 1.07 bits per heavy atom. The summed E-state index contributed by atoms with van der Waals surface area (Å²) in [4.78, 5) is 12.8. The van der Waals surface area contributed by atoms with Gasteiger partial charge in [0.25, 0.3) is 0 Å². The number of benzene rings is 2. The lowest BCUT2D eigenvalue weighted by atomic mass is 10.0. The fourth-order valence-corrected chi connectivity index (χ4v) is 4.38. The Morgan fingerprint density at radius 3 is 2.21 bits per heavy atom. The molecule has 1 atom stereocenters. The van der Waals surface area contributed by atoms with Crippen LogP contribution in [0.4, 0.5) is 5.69 Å². The van der Waals surface area contributed by atoms with E-state index in [1.165, 1.54) is 13.0 Å². The average Bonchev–Trinajstić information content (AvgIpc) is 2.69. The van der Waals surface area contributed by atoms with Gasteiger partial charge in [-0.25, -0.2) is 8.42 Å². The largest absolute Gasteiger partial charge is 0.494 e. The molecule has 2 N–H and O–H groups in total. The van der Waals surface area contributed by atoms with Crippen LogP contribution in [-0.4, -0.2) is 27.0 Å². The molecule has 0 saturated heterocycles. The fourth-order valence-electron chi connectivity index (χ4n) is 3.10. The van der Waals surface area contributed by atoms with Crippen molar-refractivity contribution < 1.29 is 17.9 Å². The molecular weight excluding hydrogens is 388 g/mol. The predicted molar refractivity (Wildman–Crippen MR) is 116 cm³/mol. The van der Waals surface area contributed by atoms with Crippen molar-refractivity contribution in [2.75, 3.05) is 11.9 Å². The first kappa shape index (κ1) is 22.9. The summed E-state index contributed by atoms with van der Waals surface area (Å²) >= 11 is 0. The molecule has 7 heteroatoms. The Balaban J connectivity index is 2.18. The first-order valence-electron chi connectivity index (χ1n) is 9.90. The summed E-state index contributed by atoms with van der Waals surface area (Å²) in [6, 6.07) is 9.61. The fraction of sp³-hybridized carbons (Fsp3) is 0.409. The first-order valence-corrected chi connectivity index (χ1v) is 11.4. The van der Waals surface area contributed by atoms with Crippen molar-refractivity contribution in [2.45, 2.75) is 58.4 Å². The van der Waals surface area contributed by atoms with Gasteiger partial charge < -0.3 is 10.1 Å². The van der Waals surface area contributed by atoms with Crippen LogP contribution in [0.1, 0.15) is 44.4 Å². The molecule has 0 unspecified atom stereocenters. The highest BCUT2D eigenvalue weighted by Crippen LogP contribution is 2.24. The Labute approximate surface area is 173 Å². The minimum atomic E-state index is -3.85. The average molecular weight is 419 g/mol. The molecule has 0 aliphatic heterocycles. The van der Waals surface area contributed by atoms with Crippen molar-refractivity contribution in [3.8, 4) is 5.75 Å². The quantitative estimate of drug-likeness (QED) is 0.648. The summed E-state index contributed by atoms with van der Waals surface area (Å²) in [5.41, 5.74) is 3.53. The molecule has 0 fully saturated rings. The van der Waals surface area contributed by atoms with Crippen molar-refractivity contribution in [2.24, 2.45) is 0 Å². The summed E-state index contributed by atoms with van der Waals surface area (Å²) in [7, 11) is -3.85. The number of para-hydroxylation sites is 1. The van der Waals surface area contributed by atoms with Gasteiger partial charge in [0.05, 0.1) is 17.5 Å². The van der Waals surface area contributed by atoms with E-state index in [0.717, 1.165) is 35.2 Å². The molecule has 1 amide bonds. The van der Waals surface area contributed by atoms with Crippen LogP contribution in [0.2, 0.25) is 0 Å². The van der Waals surface area contributed by atoms with Crippen molar-refractivity contribution >= 4 is 21.6 Å². The molecule has 0 aromatic heterocycles. The van der Waals surface area contributed by atoms with Crippen molar-refractivity contribution in [3.05, 3.63) is 53.1 Å². The van der Waals surface area contributed by atoms with Gasteiger partial charge in [0.2, 0.25) is 15.9 Å². The van der Waals surface area contributed by atoms with Crippen LogP contribution in [0, 0.1) is 6.92 Å². The molecule has 0 saturated carbocycles. The Kier molecular flexibility index (Phi) is 7.81.